The molecule has 0 saturated carbocycles. The molecule has 1 atom stereocenters. The second-order valence-electron chi connectivity index (χ2n) is 6.25. The third-order valence-electron chi connectivity index (χ3n) is 4.02. The van der Waals surface area contributed by atoms with Crippen LogP contribution in [0, 0.1) is 0 Å². The average Bonchev–Trinajstić information content (AvgIpc) is 2.61. The summed E-state index contributed by atoms with van der Waals surface area (Å²) in [4.78, 5) is 14.2. The molecule has 0 spiro atoms. The summed E-state index contributed by atoms with van der Waals surface area (Å²) >= 11 is 0. The van der Waals surface area contributed by atoms with Gasteiger partial charge in [0.15, 0.2) is 0 Å². The molecule has 2 rings (SSSR count). The molecule has 1 amide bonds. The molecule has 0 radical (unpaired) electrons. The number of carbonyl (C=O) groups is 1. The Morgan fingerprint density at radius 2 is 1.60 bits per heavy atom. The smallest absolute Gasteiger partial charge is 0.426 e. The number of amides is 1. The molecule has 0 fully saturated rings. The van der Waals surface area contributed by atoms with Crippen molar-refractivity contribution in [2.45, 2.75) is 25.3 Å². The quantitative estimate of drug-likeness (QED) is 0.601. The van der Waals surface area contributed by atoms with Gasteiger partial charge in [0.1, 0.15) is 0 Å². The summed E-state index contributed by atoms with van der Waals surface area (Å²) in [5.74, 6) is -0.900. The van der Waals surface area contributed by atoms with E-state index in [1.165, 1.54) is 5.56 Å². The van der Waals surface area contributed by atoms with Gasteiger partial charge in [0.05, 0.1) is 5.94 Å². The Balaban J connectivity index is 1.78. The first-order valence-corrected chi connectivity index (χ1v) is 8.46. The van der Waals surface area contributed by atoms with Crippen LogP contribution in [0.25, 0.3) is 0 Å². The summed E-state index contributed by atoms with van der Waals surface area (Å²) in [5, 5.41) is 21.8. The first-order valence-electron chi connectivity index (χ1n) is 8.46. The van der Waals surface area contributed by atoms with E-state index in [0.717, 1.165) is 12.1 Å². The molecule has 5 nitrogen and oxygen atoms in total. The highest BCUT2D eigenvalue weighted by molar-refractivity contribution is 6.43. The SMILES string of the molecule is CN(CCC(=O)N[C@@H](Cc1ccccc1)B(O)O)Cc1ccccc1. The van der Waals surface area contributed by atoms with Crippen LogP contribution in [-0.2, 0) is 17.8 Å². The van der Waals surface area contributed by atoms with Crippen LogP contribution in [0.15, 0.2) is 60.7 Å². The van der Waals surface area contributed by atoms with Crippen molar-refractivity contribution in [2.75, 3.05) is 13.6 Å². The van der Waals surface area contributed by atoms with Crippen molar-refractivity contribution in [2.24, 2.45) is 0 Å². The fourth-order valence-electron chi connectivity index (χ4n) is 2.64. The van der Waals surface area contributed by atoms with Crippen molar-refractivity contribution in [1.82, 2.24) is 10.2 Å². The Hall–Kier alpha value is -2.15. The maximum Gasteiger partial charge on any atom is 0.475 e. The van der Waals surface area contributed by atoms with Crippen LogP contribution >= 0.6 is 0 Å². The van der Waals surface area contributed by atoms with Crippen LogP contribution in [0.2, 0.25) is 0 Å². The van der Waals surface area contributed by atoms with E-state index in [2.05, 4.69) is 22.3 Å². The number of benzene rings is 2. The molecule has 0 heterocycles. The molecule has 0 aromatic heterocycles. The molecular weight excluding hydrogens is 315 g/mol. The van der Waals surface area contributed by atoms with Gasteiger partial charge in [-0.05, 0) is 24.6 Å². The summed E-state index contributed by atoms with van der Waals surface area (Å²) in [6.45, 7) is 1.37. The largest absolute Gasteiger partial charge is 0.475 e. The average molecular weight is 340 g/mol. The highest BCUT2D eigenvalue weighted by atomic mass is 16.4. The second-order valence-corrected chi connectivity index (χ2v) is 6.25. The van der Waals surface area contributed by atoms with Gasteiger partial charge in [0.25, 0.3) is 0 Å². The van der Waals surface area contributed by atoms with E-state index in [1.807, 2.05) is 55.6 Å². The lowest BCUT2D eigenvalue weighted by molar-refractivity contribution is -0.121. The van der Waals surface area contributed by atoms with Crippen LogP contribution in [0.4, 0.5) is 0 Å². The lowest BCUT2D eigenvalue weighted by Gasteiger charge is -2.20. The van der Waals surface area contributed by atoms with Crippen molar-refractivity contribution in [3.8, 4) is 0 Å². The van der Waals surface area contributed by atoms with E-state index in [4.69, 9.17) is 0 Å². The van der Waals surface area contributed by atoms with Crippen molar-refractivity contribution in [3.63, 3.8) is 0 Å². The zero-order chi connectivity index (χ0) is 18.1. The molecule has 6 heteroatoms. The first-order chi connectivity index (χ1) is 12.0. The molecule has 0 saturated heterocycles. The third kappa shape index (κ3) is 7.09. The molecule has 132 valence electrons. The third-order valence-corrected chi connectivity index (χ3v) is 4.02. The molecule has 0 bridgehead atoms. The highest BCUT2D eigenvalue weighted by Crippen LogP contribution is 2.06. The Kier molecular flexibility index (Phi) is 7.66. The predicted octanol–water partition coefficient (Wildman–Crippen LogP) is 1.25. The fraction of sp³-hybridized carbons (Fsp3) is 0.316. The monoisotopic (exact) mass is 340 g/mol. The van der Waals surface area contributed by atoms with Gasteiger partial charge in [-0.3, -0.25) is 4.79 Å². The van der Waals surface area contributed by atoms with Crippen LogP contribution in [-0.4, -0.2) is 47.5 Å². The molecule has 25 heavy (non-hydrogen) atoms. The van der Waals surface area contributed by atoms with E-state index < -0.39 is 13.1 Å². The number of hydrogen-bond donors (Lipinski definition) is 3. The molecule has 0 unspecified atom stereocenters. The number of nitrogens with one attached hydrogen (secondary N) is 1. The summed E-state index contributed by atoms with van der Waals surface area (Å²) in [7, 11) is 0.369. The molecular formula is C19H25BN2O3. The lowest BCUT2D eigenvalue weighted by atomic mass is 9.76. The first kappa shape index (κ1) is 19.2. The van der Waals surface area contributed by atoms with Crippen LogP contribution < -0.4 is 5.32 Å². The van der Waals surface area contributed by atoms with Gasteiger partial charge in [-0.2, -0.15) is 0 Å². The van der Waals surface area contributed by atoms with E-state index in [-0.39, 0.29) is 5.91 Å². The van der Waals surface area contributed by atoms with E-state index in [1.54, 1.807) is 0 Å². The molecule has 0 aliphatic carbocycles. The molecule has 0 aliphatic heterocycles. The molecule has 2 aromatic rings. The topological polar surface area (TPSA) is 72.8 Å². The summed E-state index contributed by atoms with van der Waals surface area (Å²) in [6.07, 6.45) is 0.686. The van der Waals surface area contributed by atoms with Crippen molar-refractivity contribution in [1.29, 1.82) is 0 Å². The number of nitrogens with zero attached hydrogens (tertiary/aromatic N) is 1. The van der Waals surface area contributed by atoms with Gasteiger partial charge in [-0.25, -0.2) is 0 Å². The van der Waals surface area contributed by atoms with Gasteiger partial charge >= 0.3 is 7.12 Å². The maximum atomic E-state index is 12.1. The zero-order valence-electron chi connectivity index (χ0n) is 14.5. The van der Waals surface area contributed by atoms with Crippen LogP contribution in [0.1, 0.15) is 17.5 Å². The minimum Gasteiger partial charge on any atom is -0.426 e. The van der Waals surface area contributed by atoms with E-state index in [9.17, 15) is 14.8 Å². The zero-order valence-corrected chi connectivity index (χ0v) is 14.5. The van der Waals surface area contributed by atoms with E-state index >= 15 is 0 Å². The van der Waals surface area contributed by atoms with Crippen LogP contribution in [0.3, 0.4) is 0 Å². The second kappa shape index (κ2) is 9.98. The standard InChI is InChI=1S/C19H25BN2O3/c1-22(15-17-10-6-3-7-11-17)13-12-19(23)21-18(20(24)25)14-16-8-4-2-5-9-16/h2-11,18,24-25H,12-15H2,1H3,(H,21,23)/t18-/m0/s1. The number of rotatable bonds is 9. The summed E-state index contributed by atoms with van der Waals surface area (Å²) < 4.78 is 0. The number of hydrogen-bond acceptors (Lipinski definition) is 4. The minimum absolute atomic E-state index is 0.186. The minimum atomic E-state index is -1.59. The van der Waals surface area contributed by atoms with Crippen molar-refractivity contribution < 1.29 is 14.8 Å². The maximum absolute atomic E-state index is 12.1. The summed E-state index contributed by atoms with van der Waals surface area (Å²) in [6, 6.07) is 19.5. The number of carbonyl (C=O) groups excluding carboxylic acids is 1. The van der Waals surface area contributed by atoms with Gasteiger partial charge in [0.2, 0.25) is 5.91 Å². The summed E-state index contributed by atoms with van der Waals surface area (Å²) in [5.41, 5.74) is 2.14. The van der Waals surface area contributed by atoms with Gasteiger partial charge < -0.3 is 20.3 Å². The van der Waals surface area contributed by atoms with Gasteiger partial charge in [0, 0.05) is 19.5 Å². The fourth-order valence-corrected chi connectivity index (χ4v) is 2.64. The predicted molar refractivity (Wildman–Crippen MR) is 99.7 cm³/mol. The highest BCUT2D eigenvalue weighted by Gasteiger charge is 2.25. The van der Waals surface area contributed by atoms with E-state index in [0.29, 0.717) is 19.4 Å². The molecule has 3 N–H and O–H groups in total. The Bertz CT molecular complexity index is 638. The van der Waals surface area contributed by atoms with Crippen molar-refractivity contribution >= 4 is 13.0 Å². The Labute approximate surface area is 149 Å². The van der Waals surface area contributed by atoms with Crippen molar-refractivity contribution in [3.05, 3.63) is 71.8 Å². The Morgan fingerprint density at radius 1 is 1.04 bits per heavy atom. The van der Waals surface area contributed by atoms with Crippen LogP contribution in [0.5, 0.6) is 0 Å². The normalized spacial score (nSPS) is 12.0. The molecule has 0 aliphatic rings. The lowest BCUT2D eigenvalue weighted by Crippen LogP contribution is -2.48. The molecule has 2 aromatic carbocycles. The van der Waals surface area contributed by atoms with Gasteiger partial charge in [-0.15, -0.1) is 0 Å². The van der Waals surface area contributed by atoms with Gasteiger partial charge in [-0.1, -0.05) is 60.7 Å². The Morgan fingerprint density at radius 3 is 2.16 bits per heavy atom.